The molecule has 6 heteroatoms. The Morgan fingerprint density at radius 2 is 1.87 bits per heavy atom. The molecule has 0 saturated carbocycles. The molecule has 0 aliphatic rings. The molecular weight excluding hydrogens is 288 g/mol. The van der Waals surface area contributed by atoms with Gasteiger partial charge >= 0.3 is 0 Å². The average molecular weight is 310 g/mol. The van der Waals surface area contributed by atoms with E-state index in [1.807, 2.05) is 42.9 Å². The van der Waals surface area contributed by atoms with E-state index in [0.29, 0.717) is 18.7 Å². The Bertz CT molecular complexity index is 734. The molecular formula is C17H22N6. The first-order chi connectivity index (χ1) is 11.0. The number of aliphatic imine (C=N–C) groups is 1. The number of rotatable bonds is 4. The van der Waals surface area contributed by atoms with Crippen LogP contribution in [0, 0.1) is 25.2 Å². The molecule has 1 aromatic carbocycles. The average Bonchev–Trinajstić information content (AvgIpc) is 2.81. The Labute approximate surface area is 136 Å². The van der Waals surface area contributed by atoms with Crippen molar-refractivity contribution in [2.75, 3.05) is 7.05 Å². The maximum absolute atomic E-state index is 8.81. The highest BCUT2D eigenvalue weighted by molar-refractivity contribution is 5.79. The molecule has 0 aliphatic carbocycles. The molecule has 1 aromatic heterocycles. The summed E-state index contributed by atoms with van der Waals surface area (Å²) in [7, 11) is 3.70. The molecule has 2 N–H and O–H groups in total. The van der Waals surface area contributed by atoms with Crippen LogP contribution in [-0.4, -0.2) is 22.8 Å². The van der Waals surface area contributed by atoms with Crippen LogP contribution in [0.2, 0.25) is 0 Å². The van der Waals surface area contributed by atoms with Gasteiger partial charge in [-0.1, -0.05) is 12.1 Å². The van der Waals surface area contributed by atoms with Gasteiger partial charge in [-0.05, 0) is 31.5 Å². The highest BCUT2D eigenvalue weighted by Gasteiger charge is 2.09. The van der Waals surface area contributed by atoms with E-state index in [9.17, 15) is 0 Å². The molecule has 0 unspecified atom stereocenters. The first-order valence-corrected chi connectivity index (χ1v) is 7.47. The molecule has 0 amide bonds. The van der Waals surface area contributed by atoms with E-state index < -0.39 is 0 Å². The second-order valence-electron chi connectivity index (χ2n) is 5.36. The summed E-state index contributed by atoms with van der Waals surface area (Å²) < 4.78 is 1.89. The minimum absolute atomic E-state index is 0.649. The second kappa shape index (κ2) is 7.45. The van der Waals surface area contributed by atoms with Crippen LogP contribution in [0.1, 0.15) is 28.1 Å². The van der Waals surface area contributed by atoms with Crippen LogP contribution < -0.4 is 10.6 Å². The van der Waals surface area contributed by atoms with Crippen molar-refractivity contribution >= 4 is 5.96 Å². The van der Waals surface area contributed by atoms with E-state index in [-0.39, 0.29) is 0 Å². The molecule has 1 heterocycles. The Morgan fingerprint density at radius 3 is 2.39 bits per heavy atom. The standard InChI is InChI=1S/C17H22N6/c1-12-16(13(2)23(4)22-12)11-21-17(19-3)20-10-15-7-5-14(9-18)6-8-15/h5-8H,10-11H2,1-4H3,(H2,19,20,21). The lowest BCUT2D eigenvalue weighted by molar-refractivity contribution is 0.728. The maximum atomic E-state index is 8.81. The topological polar surface area (TPSA) is 78.0 Å². The molecule has 2 aromatic rings. The molecule has 6 nitrogen and oxygen atoms in total. The first-order valence-electron chi connectivity index (χ1n) is 7.47. The molecule has 2 rings (SSSR count). The van der Waals surface area contributed by atoms with Crippen molar-refractivity contribution in [3.63, 3.8) is 0 Å². The molecule has 0 spiro atoms. The molecule has 120 valence electrons. The van der Waals surface area contributed by atoms with Gasteiger partial charge in [-0.15, -0.1) is 0 Å². The number of nitrogens with one attached hydrogen (secondary N) is 2. The molecule has 0 saturated heterocycles. The van der Waals surface area contributed by atoms with Gasteiger partial charge in [-0.3, -0.25) is 9.67 Å². The summed E-state index contributed by atoms with van der Waals surface area (Å²) in [6, 6.07) is 9.62. The van der Waals surface area contributed by atoms with Crippen molar-refractivity contribution in [1.29, 1.82) is 5.26 Å². The van der Waals surface area contributed by atoms with Gasteiger partial charge in [0.15, 0.2) is 5.96 Å². The highest BCUT2D eigenvalue weighted by atomic mass is 15.3. The predicted molar refractivity (Wildman–Crippen MR) is 90.9 cm³/mol. The minimum Gasteiger partial charge on any atom is -0.352 e. The Kier molecular flexibility index (Phi) is 5.36. The van der Waals surface area contributed by atoms with E-state index in [1.54, 1.807) is 7.05 Å². The van der Waals surface area contributed by atoms with E-state index in [4.69, 9.17) is 5.26 Å². The Morgan fingerprint density at radius 1 is 1.22 bits per heavy atom. The molecule has 0 aliphatic heterocycles. The van der Waals surface area contributed by atoms with Gasteiger partial charge in [0.2, 0.25) is 0 Å². The van der Waals surface area contributed by atoms with Gasteiger partial charge in [0.1, 0.15) is 0 Å². The van der Waals surface area contributed by atoms with Crippen LogP contribution in [0.3, 0.4) is 0 Å². The number of aromatic nitrogens is 2. The van der Waals surface area contributed by atoms with Crippen LogP contribution >= 0.6 is 0 Å². The highest BCUT2D eigenvalue weighted by Crippen LogP contribution is 2.11. The summed E-state index contributed by atoms with van der Waals surface area (Å²) >= 11 is 0. The third-order valence-electron chi connectivity index (χ3n) is 3.86. The number of hydrogen-bond donors (Lipinski definition) is 2. The summed E-state index contributed by atoms with van der Waals surface area (Å²) in [5, 5.41) is 19.8. The quantitative estimate of drug-likeness (QED) is 0.666. The van der Waals surface area contributed by atoms with Crippen LogP contribution in [0.4, 0.5) is 0 Å². The van der Waals surface area contributed by atoms with Gasteiger partial charge in [-0.2, -0.15) is 10.4 Å². The zero-order chi connectivity index (χ0) is 16.8. The predicted octanol–water partition coefficient (Wildman–Crippen LogP) is 1.77. The van der Waals surface area contributed by atoms with Crippen molar-refractivity contribution in [3.8, 4) is 6.07 Å². The van der Waals surface area contributed by atoms with Crippen molar-refractivity contribution < 1.29 is 0 Å². The van der Waals surface area contributed by atoms with Crippen molar-refractivity contribution in [1.82, 2.24) is 20.4 Å². The van der Waals surface area contributed by atoms with Crippen LogP contribution in [0.25, 0.3) is 0 Å². The first kappa shape index (κ1) is 16.6. The van der Waals surface area contributed by atoms with Gasteiger partial charge in [-0.25, -0.2) is 0 Å². The number of hydrogen-bond acceptors (Lipinski definition) is 3. The van der Waals surface area contributed by atoms with E-state index in [2.05, 4.69) is 33.7 Å². The zero-order valence-corrected chi connectivity index (χ0v) is 14.0. The lowest BCUT2D eigenvalue weighted by Crippen LogP contribution is -2.36. The molecule has 0 radical (unpaired) electrons. The summed E-state index contributed by atoms with van der Waals surface area (Å²) in [5.41, 5.74) is 5.13. The number of aryl methyl sites for hydroxylation is 2. The smallest absolute Gasteiger partial charge is 0.191 e. The number of guanidine groups is 1. The van der Waals surface area contributed by atoms with Crippen LogP contribution in [-0.2, 0) is 20.1 Å². The lowest BCUT2D eigenvalue weighted by Gasteiger charge is -2.12. The molecule has 0 fully saturated rings. The molecule has 23 heavy (non-hydrogen) atoms. The van der Waals surface area contributed by atoms with E-state index >= 15 is 0 Å². The summed E-state index contributed by atoms with van der Waals surface area (Å²) in [6.07, 6.45) is 0. The number of nitriles is 1. The van der Waals surface area contributed by atoms with Gasteiger partial charge < -0.3 is 10.6 Å². The SMILES string of the molecule is CN=C(NCc1ccc(C#N)cc1)NCc1c(C)nn(C)c1C. The minimum atomic E-state index is 0.649. The normalized spacial score (nSPS) is 11.2. The maximum Gasteiger partial charge on any atom is 0.191 e. The summed E-state index contributed by atoms with van der Waals surface area (Å²) in [4.78, 5) is 4.23. The van der Waals surface area contributed by atoms with E-state index in [0.717, 1.165) is 22.9 Å². The van der Waals surface area contributed by atoms with Crippen molar-refractivity contribution in [2.45, 2.75) is 26.9 Å². The Balaban J connectivity index is 1.92. The number of nitrogens with zero attached hydrogens (tertiary/aromatic N) is 4. The van der Waals surface area contributed by atoms with Crippen molar-refractivity contribution in [2.24, 2.45) is 12.0 Å². The fraction of sp³-hybridized carbons (Fsp3) is 0.353. The molecule has 0 atom stereocenters. The monoisotopic (exact) mass is 310 g/mol. The summed E-state index contributed by atoms with van der Waals surface area (Å²) in [5.74, 6) is 0.733. The van der Waals surface area contributed by atoms with Gasteiger partial charge in [0.25, 0.3) is 0 Å². The lowest BCUT2D eigenvalue weighted by atomic mass is 10.1. The van der Waals surface area contributed by atoms with Gasteiger partial charge in [0, 0.05) is 38.4 Å². The third-order valence-corrected chi connectivity index (χ3v) is 3.86. The fourth-order valence-corrected chi connectivity index (χ4v) is 2.35. The summed E-state index contributed by atoms with van der Waals surface area (Å²) in [6.45, 7) is 5.40. The van der Waals surface area contributed by atoms with Crippen LogP contribution in [0.15, 0.2) is 29.3 Å². The fourth-order valence-electron chi connectivity index (χ4n) is 2.35. The second-order valence-corrected chi connectivity index (χ2v) is 5.36. The van der Waals surface area contributed by atoms with Crippen LogP contribution in [0.5, 0.6) is 0 Å². The van der Waals surface area contributed by atoms with E-state index in [1.165, 1.54) is 5.56 Å². The third kappa shape index (κ3) is 4.10. The molecule has 0 bridgehead atoms. The van der Waals surface area contributed by atoms with Crippen molar-refractivity contribution in [3.05, 3.63) is 52.3 Å². The number of benzene rings is 1. The van der Waals surface area contributed by atoms with Gasteiger partial charge in [0.05, 0.1) is 17.3 Å². The zero-order valence-electron chi connectivity index (χ0n) is 14.0. The Hall–Kier alpha value is -2.81. The largest absolute Gasteiger partial charge is 0.352 e.